The van der Waals surface area contributed by atoms with Crippen LogP contribution in [0.4, 0.5) is 0 Å². The maximum Gasteiger partial charge on any atom is 0.0975 e. The summed E-state index contributed by atoms with van der Waals surface area (Å²) in [5.74, 6) is 0. The van der Waals surface area contributed by atoms with Crippen molar-refractivity contribution < 1.29 is 9.84 Å². The highest BCUT2D eigenvalue weighted by atomic mass is 16.5. The van der Waals surface area contributed by atoms with Crippen LogP contribution in [0, 0.1) is 0 Å². The second-order valence-electron chi connectivity index (χ2n) is 9.25. The third-order valence-corrected chi connectivity index (χ3v) is 7.04. The molecule has 5 rings (SSSR count). The van der Waals surface area contributed by atoms with Gasteiger partial charge >= 0.3 is 0 Å². The van der Waals surface area contributed by atoms with Gasteiger partial charge in [0.1, 0.15) is 0 Å². The number of methoxy groups -OCH3 is 1. The van der Waals surface area contributed by atoms with E-state index in [-0.39, 0.29) is 0 Å². The van der Waals surface area contributed by atoms with E-state index < -0.39 is 11.6 Å². The van der Waals surface area contributed by atoms with Crippen molar-refractivity contribution in [2.45, 2.75) is 24.6 Å². The van der Waals surface area contributed by atoms with E-state index in [4.69, 9.17) is 4.74 Å². The quantitative estimate of drug-likeness (QED) is 0.363. The molecule has 0 spiro atoms. The molecule has 4 aromatic rings. The molecule has 0 saturated carbocycles. The zero-order valence-electron chi connectivity index (χ0n) is 20.7. The second kappa shape index (κ2) is 11.0. The summed E-state index contributed by atoms with van der Waals surface area (Å²) in [5, 5.41) is 15.7. The lowest BCUT2D eigenvalue weighted by atomic mass is 9.74. The van der Waals surface area contributed by atoms with E-state index >= 15 is 0 Å². The number of aliphatic hydroxyl groups is 1. The van der Waals surface area contributed by atoms with Gasteiger partial charge in [0.2, 0.25) is 0 Å². The van der Waals surface area contributed by atoms with Crippen LogP contribution in [-0.4, -0.2) is 52.7 Å². The summed E-state index contributed by atoms with van der Waals surface area (Å²) in [4.78, 5) is 2.51. The standard InChI is InChI=1S/C31H33N3O2/c1-36-22-21-34-20-17-29(32-34)23-25-24-33(19-18-30(25)35)31(26-11-5-2-6-12-26,27-13-7-3-8-14-27)28-15-9-4-10-16-28/h2-17,20,23,30,35H,18-19,21-22,24H2,1H3/b25-23-. The average Bonchev–Trinajstić information content (AvgIpc) is 3.39. The number of piperidine rings is 1. The summed E-state index contributed by atoms with van der Waals surface area (Å²) < 4.78 is 7.06. The Morgan fingerprint density at radius 1 is 0.889 bits per heavy atom. The number of ether oxygens (including phenoxy) is 1. The minimum Gasteiger partial charge on any atom is -0.389 e. The Balaban J connectivity index is 1.61. The van der Waals surface area contributed by atoms with Gasteiger partial charge in [0.25, 0.3) is 0 Å². The van der Waals surface area contributed by atoms with Gasteiger partial charge in [0.15, 0.2) is 0 Å². The monoisotopic (exact) mass is 479 g/mol. The van der Waals surface area contributed by atoms with Crippen molar-refractivity contribution >= 4 is 6.08 Å². The van der Waals surface area contributed by atoms with Crippen LogP contribution in [0.25, 0.3) is 6.08 Å². The van der Waals surface area contributed by atoms with Gasteiger partial charge in [0.05, 0.1) is 30.5 Å². The third-order valence-electron chi connectivity index (χ3n) is 7.04. The number of aliphatic hydroxyl groups excluding tert-OH is 1. The van der Waals surface area contributed by atoms with Crippen molar-refractivity contribution in [1.29, 1.82) is 0 Å². The Morgan fingerprint density at radius 2 is 1.44 bits per heavy atom. The Labute approximate surface area is 213 Å². The first-order valence-corrected chi connectivity index (χ1v) is 12.5. The first-order valence-electron chi connectivity index (χ1n) is 12.5. The third kappa shape index (κ3) is 4.78. The first-order chi connectivity index (χ1) is 17.7. The van der Waals surface area contributed by atoms with Gasteiger partial charge in [-0.2, -0.15) is 5.10 Å². The van der Waals surface area contributed by atoms with Crippen LogP contribution in [0.2, 0.25) is 0 Å². The summed E-state index contributed by atoms with van der Waals surface area (Å²) in [6.45, 7) is 2.71. The second-order valence-corrected chi connectivity index (χ2v) is 9.25. The smallest absolute Gasteiger partial charge is 0.0975 e. The molecule has 5 nitrogen and oxygen atoms in total. The fourth-order valence-corrected chi connectivity index (χ4v) is 5.34. The molecule has 1 unspecified atom stereocenters. The van der Waals surface area contributed by atoms with Gasteiger partial charge in [0, 0.05) is 26.4 Å². The Hall–Kier alpha value is -3.51. The van der Waals surface area contributed by atoms with Gasteiger partial charge in [-0.05, 0) is 40.8 Å². The van der Waals surface area contributed by atoms with Crippen LogP contribution in [0.15, 0.2) is 109 Å². The van der Waals surface area contributed by atoms with E-state index in [1.165, 1.54) is 16.7 Å². The normalized spacial score (nSPS) is 17.9. The van der Waals surface area contributed by atoms with E-state index in [0.717, 1.165) is 17.8 Å². The highest BCUT2D eigenvalue weighted by Gasteiger charge is 2.44. The molecule has 0 bridgehead atoms. The number of hydrogen-bond acceptors (Lipinski definition) is 4. The predicted molar refractivity (Wildman–Crippen MR) is 143 cm³/mol. The van der Waals surface area contributed by atoms with Gasteiger partial charge in [-0.25, -0.2) is 0 Å². The molecule has 1 atom stereocenters. The van der Waals surface area contributed by atoms with Crippen LogP contribution in [0.3, 0.4) is 0 Å². The number of hydrogen-bond donors (Lipinski definition) is 1. The summed E-state index contributed by atoms with van der Waals surface area (Å²) in [5.41, 5.74) is 4.96. The molecule has 1 saturated heterocycles. The SMILES string of the molecule is COCCn1ccc(/C=C2/CN(C(c3ccccc3)(c3ccccc3)c3ccccc3)CCC2O)n1. The van der Waals surface area contributed by atoms with Crippen molar-refractivity contribution in [2.75, 3.05) is 26.8 Å². The van der Waals surface area contributed by atoms with Crippen molar-refractivity contribution in [3.8, 4) is 0 Å². The molecule has 1 N–H and O–H groups in total. The molecule has 1 aromatic heterocycles. The summed E-state index contributed by atoms with van der Waals surface area (Å²) in [6, 6.07) is 34.1. The van der Waals surface area contributed by atoms with E-state index in [1.54, 1.807) is 7.11 Å². The highest BCUT2D eigenvalue weighted by molar-refractivity contribution is 5.53. The molecule has 1 aliphatic heterocycles. The van der Waals surface area contributed by atoms with Gasteiger partial charge in [-0.1, -0.05) is 91.0 Å². The van der Waals surface area contributed by atoms with Gasteiger partial charge in [-0.3, -0.25) is 9.58 Å². The molecule has 5 heteroatoms. The lowest BCUT2D eigenvalue weighted by Gasteiger charge is -2.48. The van der Waals surface area contributed by atoms with E-state index in [0.29, 0.717) is 26.1 Å². The molecule has 0 amide bonds. The molecule has 184 valence electrons. The minimum absolute atomic E-state index is 0.495. The van der Waals surface area contributed by atoms with Crippen molar-refractivity contribution in [1.82, 2.24) is 14.7 Å². The van der Waals surface area contributed by atoms with Crippen LogP contribution in [-0.2, 0) is 16.8 Å². The van der Waals surface area contributed by atoms with E-state index in [9.17, 15) is 5.11 Å². The molecule has 3 aromatic carbocycles. The van der Waals surface area contributed by atoms with Gasteiger partial charge < -0.3 is 9.84 Å². The summed E-state index contributed by atoms with van der Waals surface area (Å²) in [7, 11) is 1.69. The minimum atomic E-state index is -0.499. The van der Waals surface area contributed by atoms with Gasteiger partial charge in [-0.15, -0.1) is 0 Å². The van der Waals surface area contributed by atoms with Crippen molar-refractivity contribution in [3.63, 3.8) is 0 Å². The maximum atomic E-state index is 11.0. The molecule has 0 radical (unpaired) electrons. The number of nitrogens with zero attached hydrogens (tertiary/aromatic N) is 3. The number of likely N-dealkylation sites (tertiary alicyclic amines) is 1. The van der Waals surface area contributed by atoms with Crippen molar-refractivity contribution in [3.05, 3.63) is 131 Å². The molecule has 2 heterocycles. The predicted octanol–water partition coefficient (Wildman–Crippen LogP) is 4.97. The molecule has 36 heavy (non-hydrogen) atoms. The lowest BCUT2D eigenvalue weighted by Crippen LogP contribution is -2.52. The molecule has 0 aliphatic carbocycles. The molecular weight excluding hydrogens is 446 g/mol. The molecule has 1 fully saturated rings. The number of aromatic nitrogens is 2. The molecule has 1 aliphatic rings. The average molecular weight is 480 g/mol. The Morgan fingerprint density at radius 3 is 1.97 bits per heavy atom. The molecular formula is C31H33N3O2. The zero-order chi connectivity index (χ0) is 24.8. The lowest BCUT2D eigenvalue weighted by molar-refractivity contribution is 0.0871. The summed E-state index contributed by atoms with van der Waals surface area (Å²) in [6.07, 6.45) is 4.17. The highest BCUT2D eigenvalue weighted by Crippen LogP contribution is 2.44. The Bertz CT molecular complexity index is 1170. The fourth-order valence-electron chi connectivity index (χ4n) is 5.34. The van der Waals surface area contributed by atoms with E-state index in [1.807, 2.05) is 23.0 Å². The van der Waals surface area contributed by atoms with Crippen LogP contribution in [0.5, 0.6) is 0 Å². The van der Waals surface area contributed by atoms with Crippen LogP contribution in [0.1, 0.15) is 28.8 Å². The van der Waals surface area contributed by atoms with Crippen LogP contribution < -0.4 is 0 Å². The van der Waals surface area contributed by atoms with Crippen molar-refractivity contribution in [2.24, 2.45) is 0 Å². The number of rotatable bonds is 8. The zero-order valence-corrected chi connectivity index (χ0v) is 20.7. The topological polar surface area (TPSA) is 50.5 Å². The summed E-state index contributed by atoms with van der Waals surface area (Å²) >= 11 is 0. The fraction of sp³-hybridized carbons (Fsp3) is 0.258. The largest absolute Gasteiger partial charge is 0.389 e. The first kappa shape index (κ1) is 24.2. The Kier molecular flexibility index (Phi) is 7.42. The maximum absolute atomic E-state index is 11.0. The van der Waals surface area contributed by atoms with E-state index in [2.05, 4.69) is 101 Å². The number of benzene rings is 3. The van der Waals surface area contributed by atoms with Crippen LogP contribution >= 0.6 is 0 Å².